The number of aliphatic carboxylic acids is 1. The molecule has 0 aliphatic rings. The van der Waals surface area contributed by atoms with Crippen molar-refractivity contribution in [2.75, 3.05) is 12.0 Å². The first-order valence-corrected chi connectivity index (χ1v) is 15.7. The number of carboxylic acid groups (broad SMARTS) is 1. The van der Waals surface area contributed by atoms with E-state index in [4.69, 9.17) is 5.26 Å². The van der Waals surface area contributed by atoms with Crippen molar-refractivity contribution in [2.24, 2.45) is 0 Å². The number of carbonyl (C=O) groups is 2. The third-order valence-corrected chi connectivity index (χ3v) is 8.28. The second-order valence-electron chi connectivity index (χ2n) is 10.6. The summed E-state index contributed by atoms with van der Waals surface area (Å²) in [5.74, 6) is -1.60. The van der Waals surface area contributed by atoms with E-state index in [2.05, 4.69) is 16.4 Å². The molecule has 45 heavy (non-hydrogen) atoms. The molecule has 2 heterocycles. The van der Waals surface area contributed by atoms with Gasteiger partial charge < -0.3 is 20.1 Å². The van der Waals surface area contributed by atoms with Crippen LogP contribution in [-0.2, 0) is 35.6 Å². The van der Waals surface area contributed by atoms with Crippen LogP contribution in [0.3, 0.4) is 0 Å². The summed E-state index contributed by atoms with van der Waals surface area (Å²) in [7, 11) is 0. The highest BCUT2D eigenvalue weighted by Gasteiger charge is 2.26. The van der Waals surface area contributed by atoms with Gasteiger partial charge in [0.25, 0.3) is 0 Å². The van der Waals surface area contributed by atoms with Gasteiger partial charge in [0, 0.05) is 12.7 Å². The summed E-state index contributed by atoms with van der Waals surface area (Å²) < 4.78 is 4.41. The molecule has 11 nitrogen and oxygen atoms in total. The molecule has 0 aliphatic carbocycles. The summed E-state index contributed by atoms with van der Waals surface area (Å²) in [6.45, 7) is 0.488. The SMILES string of the molecule is CSCCC(NC(=O)Cc1c(O)n(Cc2cncn2Cc2ccc(C#N)cc2)c(=O)n1Cc1cccc2ccccc12)C(=O)O. The fourth-order valence-electron chi connectivity index (χ4n) is 5.27. The molecule has 230 valence electrons. The van der Waals surface area contributed by atoms with E-state index < -0.39 is 30.0 Å². The second kappa shape index (κ2) is 14.0. The van der Waals surface area contributed by atoms with Crippen LogP contribution in [0.1, 0.15) is 34.5 Å². The fourth-order valence-corrected chi connectivity index (χ4v) is 5.74. The molecule has 5 aromatic rings. The number of rotatable bonds is 13. The van der Waals surface area contributed by atoms with Gasteiger partial charge in [-0.2, -0.15) is 17.0 Å². The van der Waals surface area contributed by atoms with Gasteiger partial charge in [-0.05, 0) is 52.5 Å². The second-order valence-corrected chi connectivity index (χ2v) is 11.6. The number of fused-ring (bicyclic) bond motifs is 1. The molecule has 0 fully saturated rings. The number of carboxylic acids is 1. The number of amides is 1. The zero-order valence-electron chi connectivity index (χ0n) is 24.6. The Labute approximate surface area is 263 Å². The summed E-state index contributed by atoms with van der Waals surface area (Å²) >= 11 is 1.47. The molecule has 1 unspecified atom stereocenters. The summed E-state index contributed by atoms with van der Waals surface area (Å²) in [6.07, 6.45) is 4.92. The zero-order valence-corrected chi connectivity index (χ0v) is 25.4. The molecule has 0 radical (unpaired) electrons. The molecule has 3 aromatic carbocycles. The Kier molecular flexibility index (Phi) is 9.70. The first-order valence-electron chi connectivity index (χ1n) is 14.3. The van der Waals surface area contributed by atoms with E-state index in [-0.39, 0.29) is 31.1 Å². The molecule has 12 heteroatoms. The summed E-state index contributed by atoms with van der Waals surface area (Å²) in [4.78, 5) is 43.1. The molecule has 0 saturated heterocycles. The van der Waals surface area contributed by atoms with E-state index >= 15 is 0 Å². The van der Waals surface area contributed by atoms with E-state index in [9.17, 15) is 24.6 Å². The van der Waals surface area contributed by atoms with Crippen molar-refractivity contribution in [2.45, 2.75) is 38.5 Å². The third kappa shape index (κ3) is 7.11. The molecule has 5 rings (SSSR count). The molecule has 0 bridgehead atoms. The van der Waals surface area contributed by atoms with Crippen molar-refractivity contribution in [3.63, 3.8) is 0 Å². The number of hydrogen-bond acceptors (Lipinski definition) is 7. The number of aromatic hydroxyl groups is 1. The maximum Gasteiger partial charge on any atom is 0.331 e. The first-order chi connectivity index (χ1) is 21.8. The van der Waals surface area contributed by atoms with E-state index in [1.165, 1.54) is 20.9 Å². The van der Waals surface area contributed by atoms with Crippen LogP contribution < -0.4 is 11.0 Å². The van der Waals surface area contributed by atoms with Crippen LogP contribution in [0.5, 0.6) is 5.88 Å². The van der Waals surface area contributed by atoms with Crippen LogP contribution in [0.4, 0.5) is 0 Å². The molecular formula is C33H32N6O5S. The van der Waals surface area contributed by atoms with Crippen molar-refractivity contribution in [1.82, 2.24) is 24.0 Å². The van der Waals surface area contributed by atoms with Crippen LogP contribution >= 0.6 is 11.8 Å². The highest BCUT2D eigenvalue weighted by atomic mass is 32.2. The number of carbonyl (C=O) groups excluding carboxylic acids is 1. The van der Waals surface area contributed by atoms with Crippen molar-refractivity contribution in [3.05, 3.63) is 118 Å². The summed E-state index contributed by atoms with van der Waals surface area (Å²) in [6, 6.07) is 21.6. The molecular weight excluding hydrogens is 592 g/mol. The normalized spacial score (nSPS) is 11.7. The standard InChI is InChI=1S/C33H32N6O5S/c1-45-14-13-28(32(42)43)36-30(40)15-29-31(41)39(20-26-17-35-21-37(26)18-23-11-9-22(16-34)10-12-23)33(44)38(29)19-25-7-4-6-24-5-2-3-8-27(24)25/h2-12,17,21,28,41H,13-15,18-20H2,1H3,(H,36,40)(H,42,43). The minimum Gasteiger partial charge on any atom is -0.493 e. The largest absolute Gasteiger partial charge is 0.493 e. The first kappa shape index (κ1) is 31.2. The Balaban J connectivity index is 1.49. The third-order valence-electron chi connectivity index (χ3n) is 7.64. The van der Waals surface area contributed by atoms with E-state index in [1.54, 1.807) is 24.7 Å². The van der Waals surface area contributed by atoms with Crippen LogP contribution in [0, 0.1) is 11.3 Å². The van der Waals surface area contributed by atoms with Gasteiger partial charge in [0.2, 0.25) is 11.8 Å². The van der Waals surface area contributed by atoms with Gasteiger partial charge in [0.05, 0.1) is 48.9 Å². The number of hydrogen-bond donors (Lipinski definition) is 3. The van der Waals surface area contributed by atoms with Crippen LogP contribution in [0.25, 0.3) is 10.8 Å². The van der Waals surface area contributed by atoms with E-state index in [1.807, 2.05) is 65.4 Å². The lowest BCUT2D eigenvalue weighted by molar-refractivity contribution is -0.141. The molecule has 0 saturated carbocycles. The number of benzene rings is 3. The van der Waals surface area contributed by atoms with Gasteiger partial charge in [-0.15, -0.1) is 0 Å². The van der Waals surface area contributed by atoms with Gasteiger partial charge in [-0.25, -0.2) is 14.6 Å². The van der Waals surface area contributed by atoms with Crippen molar-refractivity contribution >= 4 is 34.4 Å². The smallest absolute Gasteiger partial charge is 0.331 e. The average Bonchev–Trinajstić information content (AvgIpc) is 3.57. The highest BCUT2D eigenvalue weighted by molar-refractivity contribution is 7.98. The van der Waals surface area contributed by atoms with Gasteiger partial charge >= 0.3 is 11.7 Å². The quantitative estimate of drug-likeness (QED) is 0.180. The fraction of sp³-hybridized carbons (Fsp3) is 0.242. The topological polar surface area (TPSA) is 155 Å². The number of nitrogens with one attached hydrogen (secondary N) is 1. The Morgan fingerprint density at radius 1 is 1.02 bits per heavy atom. The lowest BCUT2D eigenvalue weighted by Crippen LogP contribution is -2.42. The number of nitriles is 1. The maximum absolute atomic E-state index is 13.9. The van der Waals surface area contributed by atoms with Crippen LogP contribution in [-0.4, -0.2) is 58.8 Å². The lowest BCUT2D eigenvalue weighted by Gasteiger charge is -2.15. The monoisotopic (exact) mass is 624 g/mol. The van der Waals surface area contributed by atoms with Crippen LogP contribution in [0.2, 0.25) is 0 Å². The van der Waals surface area contributed by atoms with Gasteiger partial charge in [-0.3, -0.25) is 13.9 Å². The molecule has 1 atom stereocenters. The van der Waals surface area contributed by atoms with Gasteiger partial charge in [0.1, 0.15) is 6.04 Å². The molecule has 0 aliphatic heterocycles. The average molecular weight is 625 g/mol. The van der Waals surface area contributed by atoms with Gasteiger partial charge in [-0.1, -0.05) is 54.6 Å². The molecule has 1 amide bonds. The predicted octanol–water partition coefficient (Wildman–Crippen LogP) is 3.59. The number of thioether (sulfide) groups is 1. The molecule has 3 N–H and O–H groups in total. The summed E-state index contributed by atoms with van der Waals surface area (Å²) in [5.41, 5.74) is 2.49. The number of nitrogens with zero attached hydrogens (tertiary/aromatic N) is 5. The minimum absolute atomic E-state index is 0.0242. The predicted molar refractivity (Wildman–Crippen MR) is 171 cm³/mol. The van der Waals surface area contributed by atoms with Crippen molar-refractivity contribution in [1.29, 1.82) is 5.26 Å². The van der Waals surface area contributed by atoms with Crippen LogP contribution in [0.15, 0.2) is 84.0 Å². The zero-order chi connectivity index (χ0) is 31.9. The Bertz CT molecular complexity index is 1930. The Morgan fingerprint density at radius 2 is 1.78 bits per heavy atom. The molecule has 2 aromatic heterocycles. The number of imidazole rings is 2. The van der Waals surface area contributed by atoms with Crippen molar-refractivity contribution < 1.29 is 19.8 Å². The maximum atomic E-state index is 13.9. The lowest BCUT2D eigenvalue weighted by atomic mass is 10.0. The summed E-state index contributed by atoms with van der Waals surface area (Å²) in [5, 5.41) is 34.6. The van der Waals surface area contributed by atoms with E-state index in [0.717, 1.165) is 21.9 Å². The van der Waals surface area contributed by atoms with Crippen molar-refractivity contribution in [3.8, 4) is 11.9 Å². The molecule has 0 spiro atoms. The Hall–Kier alpha value is -5.28. The minimum atomic E-state index is -1.15. The van der Waals surface area contributed by atoms with E-state index in [0.29, 0.717) is 23.6 Å². The number of aromatic nitrogens is 4. The Morgan fingerprint density at radius 3 is 2.51 bits per heavy atom. The van der Waals surface area contributed by atoms with Gasteiger partial charge in [0.15, 0.2) is 0 Å². The highest BCUT2D eigenvalue weighted by Crippen LogP contribution is 2.24.